The standard InChI is InChI=1S/C31H33N3O2/c1-36-30-14-13-27(20-29(30)24-15-17-34(18-16-24)28-7-2-3-8-28)33-31(35)25-11-9-23(10-12-25)26-6-4-5-22(19-26)21-32/h4-6,9-14,19-20,24,28H,2-3,7-8,15-18H2,1H3,(H,33,35). The van der Waals surface area contributed by atoms with Crippen molar-refractivity contribution >= 4 is 11.6 Å². The molecule has 0 aromatic heterocycles. The van der Waals surface area contributed by atoms with Crippen LogP contribution in [0.5, 0.6) is 5.75 Å². The van der Waals surface area contributed by atoms with Gasteiger partial charge in [0.25, 0.3) is 5.91 Å². The van der Waals surface area contributed by atoms with E-state index in [0.717, 1.165) is 54.5 Å². The number of amides is 1. The fourth-order valence-electron chi connectivity index (χ4n) is 5.76. The Kier molecular flexibility index (Phi) is 7.34. The zero-order valence-corrected chi connectivity index (χ0v) is 20.9. The Morgan fingerprint density at radius 1 is 0.944 bits per heavy atom. The van der Waals surface area contributed by atoms with Crippen LogP contribution >= 0.6 is 0 Å². The van der Waals surface area contributed by atoms with E-state index in [1.165, 1.54) is 31.2 Å². The van der Waals surface area contributed by atoms with Gasteiger partial charge < -0.3 is 15.0 Å². The molecule has 36 heavy (non-hydrogen) atoms. The zero-order valence-electron chi connectivity index (χ0n) is 20.9. The second-order valence-corrected chi connectivity index (χ2v) is 9.93. The first kappa shape index (κ1) is 24.1. The molecule has 1 saturated heterocycles. The molecule has 1 amide bonds. The van der Waals surface area contributed by atoms with Gasteiger partial charge >= 0.3 is 0 Å². The van der Waals surface area contributed by atoms with E-state index in [2.05, 4.69) is 22.4 Å². The van der Waals surface area contributed by atoms with Crippen molar-refractivity contribution in [2.45, 2.75) is 50.5 Å². The lowest BCUT2D eigenvalue weighted by molar-refractivity contribution is 0.102. The Labute approximate surface area is 213 Å². The molecular weight excluding hydrogens is 446 g/mol. The number of carbonyl (C=O) groups excluding carboxylic acids is 1. The maximum atomic E-state index is 13.0. The number of likely N-dealkylation sites (tertiary alicyclic amines) is 1. The topological polar surface area (TPSA) is 65.4 Å². The lowest BCUT2D eigenvalue weighted by Gasteiger charge is -2.36. The van der Waals surface area contributed by atoms with Crippen molar-refractivity contribution in [2.75, 3.05) is 25.5 Å². The minimum Gasteiger partial charge on any atom is -0.496 e. The fraction of sp³-hybridized carbons (Fsp3) is 0.355. The first-order valence-corrected chi connectivity index (χ1v) is 13.0. The van der Waals surface area contributed by atoms with Crippen LogP contribution in [0.1, 0.15) is 65.9 Å². The maximum Gasteiger partial charge on any atom is 0.255 e. The van der Waals surface area contributed by atoms with Crippen LogP contribution in [0.15, 0.2) is 66.7 Å². The smallest absolute Gasteiger partial charge is 0.255 e. The third kappa shape index (κ3) is 5.29. The van der Waals surface area contributed by atoms with Crippen molar-refractivity contribution in [3.05, 3.63) is 83.4 Å². The summed E-state index contributed by atoms with van der Waals surface area (Å²) in [6.07, 6.45) is 7.69. The van der Waals surface area contributed by atoms with Crippen molar-refractivity contribution < 1.29 is 9.53 Å². The van der Waals surface area contributed by atoms with Crippen molar-refractivity contribution in [2.24, 2.45) is 0 Å². The Bertz CT molecular complexity index is 1250. The average molecular weight is 480 g/mol. The van der Waals surface area contributed by atoms with Crippen LogP contribution in [0.3, 0.4) is 0 Å². The number of piperidine rings is 1. The highest BCUT2D eigenvalue weighted by Gasteiger charge is 2.29. The molecule has 5 rings (SSSR count). The van der Waals surface area contributed by atoms with Gasteiger partial charge in [0.05, 0.1) is 18.7 Å². The number of anilines is 1. The highest BCUT2D eigenvalue weighted by Crippen LogP contribution is 2.38. The summed E-state index contributed by atoms with van der Waals surface area (Å²) in [6.45, 7) is 2.28. The van der Waals surface area contributed by atoms with E-state index in [4.69, 9.17) is 10.00 Å². The number of nitrogens with zero attached hydrogens (tertiary/aromatic N) is 2. The molecule has 5 heteroatoms. The van der Waals surface area contributed by atoms with Gasteiger partial charge in [0.15, 0.2) is 0 Å². The second kappa shape index (κ2) is 11.0. The molecule has 0 bridgehead atoms. The molecule has 184 valence electrons. The molecule has 1 aliphatic carbocycles. The zero-order chi connectivity index (χ0) is 24.9. The first-order valence-electron chi connectivity index (χ1n) is 13.0. The summed E-state index contributed by atoms with van der Waals surface area (Å²) in [7, 11) is 1.72. The van der Waals surface area contributed by atoms with Gasteiger partial charge in [-0.05, 0) is 104 Å². The number of benzene rings is 3. The van der Waals surface area contributed by atoms with Crippen LogP contribution in [0.2, 0.25) is 0 Å². The summed E-state index contributed by atoms with van der Waals surface area (Å²) in [4.78, 5) is 15.7. The number of carbonyl (C=O) groups is 1. The third-order valence-electron chi connectivity index (χ3n) is 7.77. The van der Waals surface area contributed by atoms with E-state index in [9.17, 15) is 4.79 Å². The summed E-state index contributed by atoms with van der Waals surface area (Å²) in [6, 6.07) is 23.9. The van der Waals surface area contributed by atoms with Crippen LogP contribution in [-0.2, 0) is 0 Å². The highest BCUT2D eigenvalue weighted by molar-refractivity contribution is 6.04. The number of ether oxygens (including phenoxy) is 1. The minimum absolute atomic E-state index is 0.139. The second-order valence-electron chi connectivity index (χ2n) is 9.93. The molecule has 1 N–H and O–H groups in total. The summed E-state index contributed by atoms with van der Waals surface area (Å²) >= 11 is 0. The molecule has 0 unspecified atom stereocenters. The molecule has 5 nitrogen and oxygen atoms in total. The van der Waals surface area contributed by atoms with Crippen molar-refractivity contribution in [3.63, 3.8) is 0 Å². The maximum absolute atomic E-state index is 13.0. The molecule has 3 aromatic carbocycles. The minimum atomic E-state index is -0.139. The van der Waals surface area contributed by atoms with Gasteiger partial charge in [-0.1, -0.05) is 37.1 Å². The number of nitriles is 1. The quantitative estimate of drug-likeness (QED) is 0.432. The van der Waals surface area contributed by atoms with Gasteiger partial charge in [-0.15, -0.1) is 0 Å². The molecule has 2 fully saturated rings. The number of hydrogen-bond acceptors (Lipinski definition) is 4. The summed E-state index contributed by atoms with van der Waals surface area (Å²) in [5.41, 5.74) is 5.12. The van der Waals surface area contributed by atoms with E-state index < -0.39 is 0 Å². The number of methoxy groups -OCH3 is 1. The van der Waals surface area contributed by atoms with Crippen LogP contribution in [0.4, 0.5) is 5.69 Å². The molecule has 1 aliphatic heterocycles. The molecule has 1 saturated carbocycles. The summed E-state index contributed by atoms with van der Waals surface area (Å²) in [5.74, 6) is 1.20. The van der Waals surface area contributed by atoms with Crippen LogP contribution < -0.4 is 10.1 Å². The Morgan fingerprint density at radius 2 is 1.69 bits per heavy atom. The Morgan fingerprint density at radius 3 is 2.39 bits per heavy atom. The van der Waals surface area contributed by atoms with E-state index in [1.54, 1.807) is 13.2 Å². The SMILES string of the molecule is COc1ccc(NC(=O)c2ccc(-c3cccc(C#N)c3)cc2)cc1C1CCN(C2CCCC2)CC1. The number of hydrogen-bond donors (Lipinski definition) is 1. The Balaban J connectivity index is 1.26. The normalized spacial score (nSPS) is 17.0. The van der Waals surface area contributed by atoms with Gasteiger partial charge in [0.1, 0.15) is 5.75 Å². The largest absolute Gasteiger partial charge is 0.496 e. The highest BCUT2D eigenvalue weighted by atomic mass is 16.5. The van der Waals surface area contributed by atoms with Crippen LogP contribution in [0.25, 0.3) is 11.1 Å². The third-order valence-corrected chi connectivity index (χ3v) is 7.77. The van der Waals surface area contributed by atoms with Gasteiger partial charge in [-0.2, -0.15) is 5.26 Å². The number of nitrogens with one attached hydrogen (secondary N) is 1. The first-order chi connectivity index (χ1) is 17.6. The molecular formula is C31H33N3O2. The lowest BCUT2D eigenvalue weighted by Crippen LogP contribution is -2.39. The molecule has 0 atom stereocenters. The predicted molar refractivity (Wildman–Crippen MR) is 143 cm³/mol. The van der Waals surface area contributed by atoms with Gasteiger partial charge in [0.2, 0.25) is 0 Å². The van der Waals surface area contributed by atoms with Crippen molar-refractivity contribution in [3.8, 4) is 22.9 Å². The van der Waals surface area contributed by atoms with E-state index >= 15 is 0 Å². The van der Waals surface area contributed by atoms with E-state index in [0.29, 0.717) is 17.0 Å². The molecule has 2 aliphatic rings. The Hall–Kier alpha value is -3.62. The van der Waals surface area contributed by atoms with Crippen molar-refractivity contribution in [1.29, 1.82) is 5.26 Å². The van der Waals surface area contributed by atoms with E-state index in [1.807, 2.05) is 54.6 Å². The summed E-state index contributed by atoms with van der Waals surface area (Å²) < 4.78 is 5.70. The average Bonchev–Trinajstić information content (AvgIpc) is 3.48. The molecule has 0 radical (unpaired) electrons. The van der Waals surface area contributed by atoms with Crippen LogP contribution in [-0.4, -0.2) is 37.0 Å². The molecule has 1 heterocycles. The number of rotatable bonds is 6. The lowest BCUT2D eigenvalue weighted by atomic mass is 9.87. The van der Waals surface area contributed by atoms with Gasteiger partial charge in [-0.25, -0.2) is 0 Å². The van der Waals surface area contributed by atoms with Gasteiger partial charge in [0, 0.05) is 17.3 Å². The summed E-state index contributed by atoms with van der Waals surface area (Å²) in [5, 5.41) is 12.2. The fourth-order valence-corrected chi connectivity index (χ4v) is 5.76. The van der Waals surface area contributed by atoms with Crippen molar-refractivity contribution in [1.82, 2.24) is 4.90 Å². The molecule has 0 spiro atoms. The molecule has 3 aromatic rings. The van der Waals surface area contributed by atoms with Crippen LogP contribution in [0, 0.1) is 11.3 Å². The predicted octanol–water partition coefficient (Wildman–Crippen LogP) is 6.61. The van der Waals surface area contributed by atoms with E-state index in [-0.39, 0.29) is 5.91 Å². The van der Waals surface area contributed by atoms with Gasteiger partial charge in [-0.3, -0.25) is 4.79 Å². The monoisotopic (exact) mass is 479 g/mol.